The van der Waals surface area contributed by atoms with Gasteiger partial charge in [-0.2, -0.15) is 0 Å². The number of nitrogens with one attached hydrogen (secondary N) is 1. The highest BCUT2D eigenvalue weighted by Gasteiger charge is 2.18. The molecule has 1 aromatic rings. The van der Waals surface area contributed by atoms with Crippen LogP contribution < -0.4 is 5.32 Å². The Labute approximate surface area is 117 Å². The molecule has 1 amide bonds. The molecular formula is C14H19N3O3. The summed E-state index contributed by atoms with van der Waals surface area (Å²) in [5.41, 5.74) is 0.333. The van der Waals surface area contributed by atoms with Crippen molar-refractivity contribution in [3.63, 3.8) is 0 Å². The zero-order valence-corrected chi connectivity index (χ0v) is 11.5. The van der Waals surface area contributed by atoms with Gasteiger partial charge >= 0.3 is 5.97 Å². The highest BCUT2D eigenvalue weighted by atomic mass is 16.4. The lowest BCUT2D eigenvalue weighted by molar-refractivity contribution is 0.0695. The average Bonchev–Trinajstić information content (AvgIpc) is 2.46. The number of pyridine rings is 1. The molecule has 0 aliphatic carbocycles. The van der Waals surface area contributed by atoms with Crippen LogP contribution in [0, 0.1) is 5.92 Å². The first-order valence-electron chi connectivity index (χ1n) is 6.72. The van der Waals surface area contributed by atoms with E-state index in [9.17, 15) is 9.59 Å². The summed E-state index contributed by atoms with van der Waals surface area (Å²) in [6.07, 6.45) is 3.37. The molecule has 0 unspecified atom stereocenters. The fourth-order valence-corrected chi connectivity index (χ4v) is 2.25. The highest BCUT2D eigenvalue weighted by Crippen LogP contribution is 2.14. The van der Waals surface area contributed by atoms with E-state index in [-0.39, 0.29) is 17.2 Å². The number of carboxylic acids is 1. The Balaban J connectivity index is 1.84. The van der Waals surface area contributed by atoms with Gasteiger partial charge in [-0.3, -0.25) is 9.78 Å². The van der Waals surface area contributed by atoms with E-state index in [0.717, 1.165) is 25.9 Å². The first-order chi connectivity index (χ1) is 9.56. The molecule has 0 radical (unpaired) electrons. The molecule has 2 rings (SSSR count). The van der Waals surface area contributed by atoms with Crippen LogP contribution in [0.3, 0.4) is 0 Å². The van der Waals surface area contributed by atoms with Crippen molar-refractivity contribution in [2.24, 2.45) is 5.92 Å². The van der Waals surface area contributed by atoms with Gasteiger partial charge in [0.2, 0.25) is 0 Å². The number of carbonyl (C=O) groups is 2. The van der Waals surface area contributed by atoms with Gasteiger partial charge in [0.1, 0.15) is 5.69 Å². The van der Waals surface area contributed by atoms with Crippen molar-refractivity contribution in [3.05, 3.63) is 29.6 Å². The Hall–Kier alpha value is -1.95. The predicted molar refractivity (Wildman–Crippen MR) is 73.8 cm³/mol. The molecule has 20 heavy (non-hydrogen) atoms. The second kappa shape index (κ2) is 6.47. The summed E-state index contributed by atoms with van der Waals surface area (Å²) in [6, 6.07) is 2.83. The van der Waals surface area contributed by atoms with E-state index in [1.54, 1.807) is 0 Å². The molecule has 0 bridgehead atoms. The molecular weight excluding hydrogens is 258 g/mol. The van der Waals surface area contributed by atoms with Crippen LogP contribution >= 0.6 is 0 Å². The van der Waals surface area contributed by atoms with E-state index < -0.39 is 5.97 Å². The van der Waals surface area contributed by atoms with E-state index in [1.807, 2.05) is 0 Å². The summed E-state index contributed by atoms with van der Waals surface area (Å²) < 4.78 is 0. The van der Waals surface area contributed by atoms with Gasteiger partial charge in [-0.1, -0.05) is 0 Å². The number of carbonyl (C=O) groups excluding carboxylic acids is 1. The van der Waals surface area contributed by atoms with Crippen molar-refractivity contribution in [3.8, 4) is 0 Å². The molecule has 6 nitrogen and oxygen atoms in total. The highest BCUT2D eigenvalue weighted by molar-refractivity contribution is 5.93. The van der Waals surface area contributed by atoms with Crippen molar-refractivity contribution in [1.29, 1.82) is 0 Å². The molecule has 1 aliphatic heterocycles. The van der Waals surface area contributed by atoms with Gasteiger partial charge in [-0.15, -0.1) is 0 Å². The van der Waals surface area contributed by atoms with Crippen LogP contribution in [-0.4, -0.2) is 53.5 Å². The third-order valence-electron chi connectivity index (χ3n) is 3.63. The molecule has 2 heterocycles. The molecule has 1 aromatic heterocycles. The summed E-state index contributed by atoms with van der Waals surface area (Å²) in [4.78, 5) is 28.8. The molecule has 0 aromatic carbocycles. The molecule has 1 fully saturated rings. The maximum absolute atomic E-state index is 11.9. The van der Waals surface area contributed by atoms with Crippen LogP contribution in [-0.2, 0) is 0 Å². The van der Waals surface area contributed by atoms with Gasteiger partial charge in [0.25, 0.3) is 5.91 Å². The summed E-state index contributed by atoms with van der Waals surface area (Å²) in [6.45, 7) is 2.77. The Morgan fingerprint density at radius 1 is 1.40 bits per heavy atom. The standard InChI is InChI=1S/C14H19N3O3/c1-17-6-4-10(5-7-17)8-16-13(18)12-3-2-11(9-15-12)14(19)20/h2-3,9-10H,4-8H2,1H3,(H,16,18)(H,19,20). The maximum Gasteiger partial charge on any atom is 0.337 e. The Bertz CT molecular complexity index is 479. The zero-order chi connectivity index (χ0) is 14.5. The van der Waals surface area contributed by atoms with Gasteiger partial charge in [0.05, 0.1) is 5.56 Å². The largest absolute Gasteiger partial charge is 0.478 e. The fraction of sp³-hybridized carbons (Fsp3) is 0.500. The first kappa shape index (κ1) is 14.5. The Kier molecular flexibility index (Phi) is 4.68. The Morgan fingerprint density at radius 2 is 2.10 bits per heavy atom. The third-order valence-corrected chi connectivity index (χ3v) is 3.63. The molecule has 1 aliphatic rings. The first-order valence-corrected chi connectivity index (χ1v) is 6.72. The zero-order valence-electron chi connectivity index (χ0n) is 11.5. The predicted octanol–water partition coefficient (Wildman–Crippen LogP) is 0.851. The quantitative estimate of drug-likeness (QED) is 0.852. The lowest BCUT2D eigenvalue weighted by Gasteiger charge is -2.28. The topological polar surface area (TPSA) is 82.5 Å². The molecule has 2 N–H and O–H groups in total. The van der Waals surface area contributed by atoms with E-state index in [4.69, 9.17) is 5.11 Å². The van der Waals surface area contributed by atoms with Crippen molar-refractivity contribution in [2.45, 2.75) is 12.8 Å². The molecule has 108 valence electrons. The SMILES string of the molecule is CN1CCC(CNC(=O)c2ccc(C(=O)O)cn2)CC1. The van der Waals surface area contributed by atoms with Crippen LogP contribution in [0.2, 0.25) is 0 Å². The maximum atomic E-state index is 11.9. The van der Waals surface area contributed by atoms with Crippen molar-refractivity contribution < 1.29 is 14.7 Å². The molecule has 6 heteroatoms. The Morgan fingerprint density at radius 3 is 2.65 bits per heavy atom. The molecule has 0 saturated carbocycles. The number of hydrogen-bond acceptors (Lipinski definition) is 4. The third kappa shape index (κ3) is 3.77. The van der Waals surface area contributed by atoms with E-state index in [1.165, 1.54) is 18.3 Å². The van der Waals surface area contributed by atoms with Crippen molar-refractivity contribution in [2.75, 3.05) is 26.7 Å². The summed E-state index contributed by atoms with van der Waals surface area (Å²) in [7, 11) is 2.10. The lowest BCUT2D eigenvalue weighted by atomic mass is 9.97. The number of aromatic nitrogens is 1. The van der Waals surface area contributed by atoms with Gasteiger partial charge in [0, 0.05) is 12.7 Å². The number of aromatic carboxylic acids is 1. The van der Waals surface area contributed by atoms with E-state index in [2.05, 4.69) is 22.2 Å². The van der Waals surface area contributed by atoms with Gasteiger partial charge in [0.15, 0.2) is 0 Å². The number of rotatable bonds is 4. The van der Waals surface area contributed by atoms with Crippen molar-refractivity contribution >= 4 is 11.9 Å². The monoisotopic (exact) mass is 277 g/mol. The number of likely N-dealkylation sites (tertiary alicyclic amines) is 1. The second-order valence-electron chi connectivity index (χ2n) is 5.19. The molecule has 1 saturated heterocycles. The lowest BCUT2D eigenvalue weighted by Crippen LogP contribution is -2.37. The normalized spacial score (nSPS) is 16.9. The number of carboxylic acid groups (broad SMARTS) is 1. The average molecular weight is 277 g/mol. The summed E-state index contributed by atoms with van der Waals surface area (Å²) in [5.74, 6) is -0.787. The summed E-state index contributed by atoms with van der Waals surface area (Å²) >= 11 is 0. The number of nitrogens with zero attached hydrogens (tertiary/aromatic N) is 2. The second-order valence-corrected chi connectivity index (χ2v) is 5.19. The summed E-state index contributed by atoms with van der Waals surface area (Å²) in [5, 5.41) is 11.6. The number of hydrogen-bond donors (Lipinski definition) is 2. The van der Waals surface area contributed by atoms with Crippen LogP contribution in [0.15, 0.2) is 18.3 Å². The van der Waals surface area contributed by atoms with Crippen LogP contribution in [0.1, 0.15) is 33.7 Å². The number of amides is 1. The smallest absolute Gasteiger partial charge is 0.337 e. The van der Waals surface area contributed by atoms with Crippen molar-refractivity contribution in [1.82, 2.24) is 15.2 Å². The van der Waals surface area contributed by atoms with Gasteiger partial charge in [-0.05, 0) is 51.0 Å². The van der Waals surface area contributed by atoms with Crippen LogP contribution in [0.25, 0.3) is 0 Å². The molecule has 0 atom stereocenters. The fourth-order valence-electron chi connectivity index (χ4n) is 2.25. The van der Waals surface area contributed by atoms with E-state index >= 15 is 0 Å². The van der Waals surface area contributed by atoms with Gasteiger partial charge < -0.3 is 15.3 Å². The van der Waals surface area contributed by atoms with Crippen LogP contribution in [0.4, 0.5) is 0 Å². The minimum absolute atomic E-state index is 0.0804. The van der Waals surface area contributed by atoms with Gasteiger partial charge in [-0.25, -0.2) is 4.79 Å². The molecule has 0 spiro atoms. The van der Waals surface area contributed by atoms with E-state index in [0.29, 0.717) is 12.5 Å². The number of piperidine rings is 1. The minimum Gasteiger partial charge on any atom is -0.478 e. The minimum atomic E-state index is -1.05. The van der Waals surface area contributed by atoms with Crippen LogP contribution in [0.5, 0.6) is 0 Å².